The number of ether oxygens (including phenoxy) is 3. The van der Waals surface area contributed by atoms with Crippen molar-refractivity contribution < 1.29 is 28.6 Å². The van der Waals surface area contributed by atoms with Crippen molar-refractivity contribution in [3.05, 3.63) is 60.8 Å². The molecule has 0 rings (SSSR count). The Bertz CT molecular complexity index is 1360. The van der Waals surface area contributed by atoms with Crippen molar-refractivity contribution in [3.8, 4) is 0 Å². The molecule has 0 aliphatic rings. The molecule has 0 N–H and O–H groups in total. The molecule has 6 nitrogen and oxygen atoms in total. The number of hydrogen-bond donors (Lipinski definition) is 0. The fourth-order valence-electron chi connectivity index (χ4n) is 9.79. The highest BCUT2D eigenvalue weighted by atomic mass is 16.6. The largest absolute Gasteiger partial charge is 0.462 e. The third-order valence-electron chi connectivity index (χ3n) is 14.8. The first-order valence-electron chi connectivity index (χ1n) is 33.3. The molecule has 0 aliphatic carbocycles. The van der Waals surface area contributed by atoms with Crippen LogP contribution in [0.15, 0.2) is 60.8 Å². The monoisotopic (exact) mass is 1060 g/mol. The summed E-state index contributed by atoms with van der Waals surface area (Å²) in [6.45, 7) is 6.58. The van der Waals surface area contributed by atoms with Crippen LogP contribution in [0.5, 0.6) is 0 Å². The fourth-order valence-corrected chi connectivity index (χ4v) is 9.79. The van der Waals surface area contributed by atoms with Crippen LogP contribution in [0.2, 0.25) is 0 Å². The minimum absolute atomic E-state index is 0.0721. The second-order valence-corrected chi connectivity index (χ2v) is 22.4. The van der Waals surface area contributed by atoms with Gasteiger partial charge in [-0.1, -0.05) is 306 Å². The van der Waals surface area contributed by atoms with Crippen molar-refractivity contribution in [2.45, 2.75) is 354 Å². The van der Waals surface area contributed by atoms with Crippen molar-refractivity contribution in [1.29, 1.82) is 0 Å². The minimum atomic E-state index is -0.776. The third-order valence-corrected chi connectivity index (χ3v) is 14.8. The summed E-state index contributed by atoms with van der Waals surface area (Å²) in [6.07, 6.45) is 82.3. The Morgan fingerprint density at radius 2 is 0.513 bits per heavy atom. The minimum Gasteiger partial charge on any atom is -0.462 e. The first-order valence-corrected chi connectivity index (χ1v) is 33.3. The summed E-state index contributed by atoms with van der Waals surface area (Å²) in [5.74, 6) is -0.857. The summed E-state index contributed by atoms with van der Waals surface area (Å²) < 4.78 is 17.0. The smallest absolute Gasteiger partial charge is 0.306 e. The molecule has 0 aromatic rings. The molecule has 6 heteroatoms. The van der Waals surface area contributed by atoms with Crippen LogP contribution in [0, 0.1) is 0 Å². The van der Waals surface area contributed by atoms with E-state index in [1.807, 2.05) is 0 Å². The zero-order valence-electron chi connectivity index (χ0n) is 50.8. The van der Waals surface area contributed by atoms with E-state index in [9.17, 15) is 14.4 Å². The van der Waals surface area contributed by atoms with Gasteiger partial charge in [0.1, 0.15) is 13.2 Å². The third kappa shape index (κ3) is 62.0. The molecule has 0 aliphatic heterocycles. The van der Waals surface area contributed by atoms with Crippen molar-refractivity contribution in [3.63, 3.8) is 0 Å². The van der Waals surface area contributed by atoms with Gasteiger partial charge in [-0.15, -0.1) is 0 Å². The molecular weight excluding hydrogens is 937 g/mol. The molecule has 1 unspecified atom stereocenters. The highest BCUT2D eigenvalue weighted by Crippen LogP contribution is 2.17. The topological polar surface area (TPSA) is 78.9 Å². The van der Waals surface area contributed by atoms with Crippen LogP contribution in [0.25, 0.3) is 0 Å². The van der Waals surface area contributed by atoms with E-state index in [-0.39, 0.29) is 31.1 Å². The van der Waals surface area contributed by atoms with E-state index in [1.165, 1.54) is 225 Å². The standard InChI is InChI=1S/C70H126O6/c1-4-7-10-13-16-19-22-25-28-30-32-34-35-37-38-40-42-45-48-51-54-57-60-63-69(72)75-66-67(65-74-68(71)62-59-56-53-50-47-44-27-24-21-18-15-12-9-6-3)76-70(73)64-61-58-55-52-49-46-43-41-39-36-33-31-29-26-23-20-17-14-11-8-5-2/h7,10,16,19,25,28,31-34,67H,4-6,8-9,11-15,17-18,20-24,26-27,29-30,35-66H2,1-3H3/b10-7-,19-16-,28-25-,33-31-,34-32-. The van der Waals surface area contributed by atoms with Crippen LogP contribution < -0.4 is 0 Å². The first-order chi connectivity index (χ1) is 37.5. The van der Waals surface area contributed by atoms with E-state index < -0.39 is 6.10 Å². The maximum absolute atomic E-state index is 12.9. The second-order valence-electron chi connectivity index (χ2n) is 22.4. The Balaban J connectivity index is 4.31. The number of esters is 3. The van der Waals surface area contributed by atoms with Gasteiger partial charge in [-0.05, 0) is 83.5 Å². The summed E-state index contributed by atoms with van der Waals surface area (Å²) >= 11 is 0. The molecule has 0 radical (unpaired) electrons. The van der Waals surface area contributed by atoms with E-state index in [0.29, 0.717) is 19.3 Å². The predicted molar refractivity (Wildman–Crippen MR) is 330 cm³/mol. The lowest BCUT2D eigenvalue weighted by atomic mass is 10.0. The summed E-state index contributed by atoms with van der Waals surface area (Å²) in [5, 5.41) is 0. The highest BCUT2D eigenvalue weighted by molar-refractivity contribution is 5.71. The molecule has 0 spiro atoms. The number of hydrogen-bond acceptors (Lipinski definition) is 6. The van der Waals surface area contributed by atoms with Gasteiger partial charge in [0.15, 0.2) is 6.10 Å². The summed E-state index contributed by atoms with van der Waals surface area (Å²) in [4.78, 5) is 38.4. The molecule has 442 valence electrons. The normalized spacial score (nSPS) is 12.4. The molecule has 0 fully saturated rings. The molecule has 0 saturated heterocycles. The van der Waals surface area contributed by atoms with Crippen LogP contribution >= 0.6 is 0 Å². The lowest BCUT2D eigenvalue weighted by Crippen LogP contribution is -2.30. The van der Waals surface area contributed by atoms with Gasteiger partial charge >= 0.3 is 17.9 Å². The molecule has 0 heterocycles. The average molecular weight is 1060 g/mol. The highest BCUT2D eigenvalue weighted by Gasteiger charge is 2.19. The zero-order valence-corrected chi connectivity index (χ0v) is 50.8. The van der Waals surface area contributed by atoms with Crippen molar-refractivity contribution >= 4 is 17.9 Å². The number of carbonyl (C=O) groups excluding carboxylic acids is 3. The molecule has 0 bridgehead atoms. The van der Waals surface area contributed by atoms with Crippen molar-refractivity contribution in [1.82, 2.24) is 0 Å². The van der Waals surface area contributed by atoms with Crippen LogP contribution in [0.1, 0.15) is 348 Å². The molecule has 76 heavy (non-hydrogen) atoms. The molecule has 0 amide bonds. The van der Waals surface area contributed by atoms with E-state index >= 15 is 0 Å². The Morgan fingerprint density at radius 3 is 0.816 bits per heavy atom. The predicted octanol–water partition coefficient (Wildman–Crippen LogP) is 22.7. The molecule has 0 aromatic carbocycles. The maximum Gasteiger partial charge on any atom is 0.306 e. The van der Waals surface area contributed by atoms with Gasteiger partial charge in [0.25, 0.3) is 0 Å². The second kappa shape index (κ2) is 64.6. The molecule has 0 aromatic heterocycles. The molecule has 1 atom stereocenters. The van der Waals surface area contributed by atoms with E-state index in [1.54, 1.807) is 0 Å². The van der Waals surface area contributed by atoms with E-state index in [2.05, 4.69) is 81.5 Å². The van der Waals surface area contributed by atoms with Crippen molar-refractivity contribution in [2.24, 2.45) is 0 Å². The maximum atomic E-state index is 12.9. The number of allylic oxidation sites excluding steroid dienone is 10. The zero-order chi connectivity index (χ0) is 55.0. The van der Waals surface area contributed by atoms with Gasteiger partial charge in [0, 0.05) is 19.3 Å². The molecule has 0 saturated carbocycles. The van der Waals surface area contributed by atoms with Gasteiger partial charge in [0.05, 0.1) is 0 Å². The van der Waals surface area contributed by atoms with Crippen LogP contribution in [-0.2, 0) is 28.6 Å². The number of rotatable bonds is 61. The fraction of sp³-hybridized carbons (Fsp3) is 0.814. The van der Waals surface area contributed by atoms with Crippen LogP contribution in [-0.4, -0.2) is 37.2 Å². The number of unbranched alkanes of at least 4 members (excludes halogenated alkanes) is 40. The average Bonchev–Trinajstić information content (AvgIpc) is 3.42. The number of carbonyl (C=O) groups is 3. The summed E-state index contributed by atoms with van der Waals surface area (Å²) in [7, 11) is 0. The Hall–Kier alpha value is -2.89. The SMILES string of the molecule is CC/C=C\C/C=C\C/C=C\C/C=C\CCCCCCCCCCCCC(=O)OCC(COC(=O)CCCCCCCCCCCCCCCC)OC(=O)CCCCCCCCCCC/C=C\CCCCCCCCCC. The molecular formula is C70H126O6. The van der Waals surface area contributed by atoms with Gasteiger partial charge in [0.2, 0.25) is 0 Å². The van der Waals surface area contributed by atoms with Gasteiger partial charge in [-0.3, -0.25) is 14.4 Å². The van der Waals surface area contributed by atoms with Crippen LogP contribution in [0.3, 0.4) is 0 Å². The lowest BCUT2D eigenvalue weighted by Gasteiger charge is -2.18. The lowest BCUT2D eigenvalue weighted by molar-refractivity contribution is -0.167. The summed E-state index contributed by atoms with van der Waals surface area (Å²) in [5.41, 5.74) is 0. The first kappa shape index (κ1) is 73.1. The Morgan fingerprint density at radius 1 is 0.276 bits per heavy atom. The van der Waals surface area contributed by atoms with E-state index in [4.69, 9.17) is 14.2 Å². The van der Waals surface area contributed by atoms with Crippen LogP contribution in [0.4, 0.5) is 0 Å². The van der Waals surface area contributed by atoms with Crippen molar-refractivity contribution in [2.75, 3.05) is 13.2 Å². The Labute approximate surface area is 472 Å². The van der Waals surface area contributed by atoms with Gasteiger partial charge in [-0.25, -0.2) is 0 Å². The quantitative estimate of drug-likeness (QED) is 0.0261. The summed E-state index contributed by atoms with van der Waals surface area (Å²) in [6, 6.07) is 0. The van der Waals surface area contributed by atoms with E-state index in [0.717, 1.165) is 83.5 Å². The van der Waals surface area contributed by atoms with Gasteiger partial charge < -0.3 is 14.2 Å². The van der Waals surface area contributed by atoms with Gasteiger partial charge in [-0.2, -0.15) is 0 Å². The Kier molecular flexibility index (Phi) is 62.2.